The fraction of sp³-hybridized carbons (Fsp3) is 0.556. The number of halogens is 1. The summed E-state index contributed by atoms with van der Waals surface area (Å²) in [5, 5.41) is 9.63. The lowest BCUT2D eigenvalue weighted by atomic mass is 9.96. The van der Waals surface area contributed by atoms with E-state index < -0.39 is 0 Å². The largest absolute Gasteiger partial charge is 0.356 e. The van der Waals surface area contributed by atoms with E-state index in [9.17, 15) is 4.79 Å². The minimum atomic E-state index is 0. The predicted octanol–water partition coefficient (Wildman–Crippen LogP) is 2.03. The molecule has 1 aromatic rings. The Morgan fingerprint density at radius 1 is 1.12 bits per heavy atom. The second-order valence-corrected chi connectivity index (χ2v) is 6.56. The van der Waals surface area contributed by atoms with E-state index in [-0.39, 0.29) is 41.2 Å². The average molecular weight is 442 g/mol. The van der Waals surface area contributed by atoms with Gasteiger partial charge in [0, 0.05) is 38.0 Å². The Labute approximate surface area is 161 Å². The summed E-state index contributed by atoms with van der Waals surface area (Å²) in [4.78, 5) is 15.8. The van der Waals surface area contributed by atoms with Gasteiger partial charge < -0.3 is 16.0 Å². The van der Waals surface area contributed by atoms with Crippen LogP contribution in [-0.2, 0) is 10.2 Å². The molecule has 0 atom stereocenters. The Morgan fingerprint density at radius 3 is 2.38 bits per heavy atom. The van der Waals surface area contributed by atoms with Crippen molar-refractivity contribution < 1.29 is 4.79 Å². The standard InChI is InChI=1S/C18H26N4O.HI/c1-19-17(21-12-11-20-16(23)14-7-8-14)22-13-18(9-10-18)15-5-3-2-4-6-15;/h2-6,14H,7-13H2,1H3,(H,20,23)(H2,19,21,22);1H. The zero-order valence-corrected chi connectivity index (χ0v) is 16.5. The highest BCUT2D eigenvalue weighted by molar-refractivity contribution is 14.0. The van der Waals surface area contributed by atoms with Gasteiger partial charge in [-0.05, 0) is 31.2 Å². The predicted molar refractivity (Wildman–Crippen MR) is 108 cm³/mol. The van der Waals surface area contributed by atoms with E-state index in [1.807, 2.05) is 0 Å². The van der Waals surface area contributed by atoms with Crippen LogP contribution in [0.5, 0.6) is 0 Å². The van der Waals surface area contributed by atoms with Crippen molar-refractivity contribution in [3.05, 3.63) is 35.9 Å². The van der Waals surface area contributed by atoms with Crippen molar-refractivity contribution in [1.29, 1.82) is 0 Å². The van der Waals surface area contributed by atoms with E-state index in [0.29, 0.717) is 13.1 Å². The molecule has 1 aromatic carbocycles. The molecule has 3 rings (SSSR count). The molecule has 0 bridgehead atoms. The molecule has 0 spiro atoms. The van der Waals surface area contributed by atoms with E-state index in [0.717, 1.165) is 25.3 Å². The number of aliphatic imine (C=N–C) groups is 1. The van der Waals surface area contributed by atoms with Crippen LogP contribution in [0.2, 0.25) is 0 Å². The summed E-state index contributed by atoms with van der Waals surface area (Å²) < 4.78 is 0. The van der Waals surface area contributed by atoms with Crippen molar-refractivity contribution in [3.8, 4) is 0 Å². The summed E-state index contributed by atoms with van der Waals surface area (Å²) in [5.41, 5.74) is 1.67. The van der Waals surface area contributed by atoms with Crippen LogP contribution in [0.4, 0.5) is 0 Å². The molecule has 24 heavy (non-hydrogen) atoms. The van der Waals surface area contributed by atoms with E-state index in [1.54, 1.807) is 7.05 Å². The molecule has 5 nitrogen and oxygen atoms in total. The van der Waals surface area contributed by atoms with Crippen molar-refractivity contribution in [2.24, 2.45) is 10.9 Å². The number of guanidine groups is 1. The van der Waals surface area contributed by atoms with E-state index in [2.05, 4.69) is 51.3 Å². The Hall–Kier alpha value is -1.31. The highest BCUT2D eigenvalue weighted by atomic mass is 127. The zero-order chi connectivity index (χ0) is 16.1. The van der Waals surface area contributed by atoms with Crippen molar-refractivity contribution in [2.45, 2.75) is 31.1 Å². The molecule has 0 heterocycles. The van der Waals surface area contributed by atoms with Gasteiger partial charge >= 0.3 is 0 Å². The number of hydrogen-bond donors (Lipinski definition) is 3. The second-order valence-electron chi connectivity index (χ2n) is 6.56. The van der Waals surface area contributed by atoms with E-state index in [1.165, 1.54) is 18.4 Å². The van der Waals surface area contributed by atoms with Gasteiger partial charge in [0.05, 0.1) is 0 Å². The van der Waals surface area contributed by atoms with Crippen LogP contribution in [0.15, 0.2) is 35.3 Å². The first-order valence-corrected chi connectivity index (χ1v) is 8.51. The molecule has 2 aliphatic carbocycles. The van der Waals surface area contributed by atoms with Gasteiger partial charge in [-0.3, -0.25) is 9.79 Å². The van der Waals surface area contributed by atoms with Gasteiger partial charge in [-0.2, -0.15) is 0 Å². The molecule has 0 aliphatic heterocycles. The molecule has 2 saturated carbocycles. The maximum atomic E-state index is 11.6. The topological polar surface area (TPSA) is 65.5 Å². The SMILES string of the molecule is CN=C(NCCNC(=O)C1CC1)NCC1(c2ccccc2)CC1.I. The lowest BCUT2D eigenvalue weighted by Gasteiger charge is -2.19. The highest BCUT2D eigenvalue weighted by Crippen LogP contribution is 2.47. The second kappa shape index (κ2) is 8.69. The van der Waals surface area contributed by atoms with E-state index in [4.69, 9.17) is 0 Å². The molecule has 0 saturated heterocycles. The van der Waals surface area contributed by atoms with Crippen LogP contribution < -0.4 is 16.0 Å². The monoisotopic (exact) mass is 442 g/mol. The Balaban J connectivity index is 0.00000208. The number of benzene rings is 1. The molecular formula is C18H27IN4O. The molecule has 2 fully saturated rings. The Kier molecular flexibility index (Phi) is 6.89. The number of nitrogens with zero attached hydrogens (tertiary/aromatic N) is 1. The van der Waals surface area contributed by atoms with Gasteiger partial charge in [0.15, 0.2) is 5.96 Å². The fourth-order valence-corrected chi connectivity index (χ4v) is 2.84. The third-order valence-electron chi connectivity index (χ3n) is 4.72. The molecule has 1 amide bonds. The normalized spacial score (nSPS) is 18.3. The number of amides is 1. The summed E-state index contributed by atoms with van der Waals surface area (Å²) in [6.45, 7) is 2.22. The van der Waals surface area contributed by atoms with Gasteiger partial charge in [-0.1, -0.05) is 30.3 Å². The first-order chi connectivity index (χ1) is 11.2. The van der Waals surface area contributed by atoms with Crippen LogP contribution >= 0.6 is 24.0 Å². The maximum Gasteiger partial charge on any atom is 0.223 e. The Morgan fingerprint density at radius 2 is 1.79 bits per heavy atom. The lowest BCUT2D eigenvalue weighted by molar-refractivity contribution is -0.122. The molecule has 6 heteroatoms. The fourth-order valence-electron chi connectivity index (χ4n) is 2.84. The number of hydrogen-bond acceptors (Lipinski definition) is 2. The quantitative estimate of drug-likeness (QED) is 0.262. The van der Waals surface area contributed by atoms with Gasteiger partial charge in [0.2, 0.25) is 5.91 Å². The lowest BCUT2D eigenvalue weighted by Crippen LogP contribution is -2.44. The van der Waals surface area contributed by atoms with Gasteiger partial charge in [0.1, 0.15) is 0 Å². The number of carbonyl (C=O) groups is 1. The summed E-state index contributed by atoms with van der Waals surface area (Å²) in [6.07, 6.45) is 4.53. The maximum absolute atomic E-state index is 11.6. The molecule has 3 N–H and O–H groups in total. The van der Waals surface area contributed by atoms with Crippen LogP contribution in [0.3, 0.4) is 0 Å². The molecule has 2 aliphatic rings. The first kappa shape index (κ1) is 19.0. The molecular weight excluding hydrogens is 415 g/mol. The number of carbonyl (C=O) groups excluding carboxylic acids is 1. The molecule has 0 unspecified atom stereocenters. The van der Waals surface area contributed by atoms with Crippen LogP contribution in [0, 0.1) is 5.92 Å². The van der Waals surface area contributed by atoms with Crippen molar-refractivity contribution in [3.63, 3.8) is 0 Å². The first-order valence-electron chi connectivity index (χ1n) is 8.51. The molecule has 0 aromatic heterocycles. The van der Waals surface area contributed by atoms with Gasteiger partial charge in [0.25, 0.3) is 0 Å². The average Bonchev–Trinajstić information content (AvgIpc) is 3.49. The number of rotatable bonds is 7. The summed E-state index contributed by atoms with van der Waals surface area (Å²) in [5.74, 6) is 1.26. The molecule has 0 radical (unpaired) electrons. The third kappa shape index (κ3) is 5.09. The van der Waals surface area contributed by atoms with Crippen molar-refractivity contribution in [2.75, 3.05) is 26.7 Å². The van der Waals surface area contributed by atoms with Crippen molar-refractivity contribution in [1.82, 2.24) is 16.0 Å². The Bertz CT molecular complexity index is 568. The van der Waals surface area contributed by atoms with Gasteiger partial charge in [-0.15, -0.1) is 24.0 Å². The molecule has 132 valence electrons. The van der Waals surface area contributed by atoms with Gasteiger partial charge in [-0.25, -0.2) is 0 Å². The number of nitrogens with one attached hydrogen (secondary N) is 3. The zero-order valence-electron chi connectivity index (χ0n) is 14.2. The third-order valence-corrected chi connectivity index (χ3v) is 4.72. The van der Waals surface area contributed by atoms with E-state index >= 15 is 0 Å². The van der Waals surface area contributed by atoms with Crippen LogP contribution in [-0.4, -0.2) is 38.5 Å². The van der Waals surface area contributed by atoms with Crippen LogP contribution in [0.1, 0.15) is 31.2 Å². The smallest absolute Gasteiger partial charge is 0.223 e. The summed E-state index contributed by atoms with van der Waals surface area (Å²) in [7, 11) is 1.78. The minimum Gasteiger partial charge on any atom is -0.356 e. The summed E-state index contributed by atoms with van der Waals surface area (Å²) in [6, 6.07) is 10.7. The highest BCUT2D eigenvalue weighted by Gasteiger charge is 2.43. The summed E-state index contributed by atoms with van der Waals surface area (Å²) >= 11 is 0. The van der Waals surface area contributed by atoms with Crippen LogP contribution in [0.25, 0.3) is 0 Å². The van der Waals surface area contributed by atoms with Crippen molar-refractivity contribution >= 4 is 35.8 Å². The minimum absolute atomic E-state index is 0.